The molecular formula is C20H26N6O. The monoisotopic (exact) mass is 366 g/mol. The third kappa shape index (κ3) is 3.73. The van der Waals surface area contributed by atoms with Gasteiger partial charge in [-0.3, -0.25) is 14.2 Å². The molecule has 27 heavy (non-hydrogen) atoms. The van der Waals surface area contributed by atoms with Crippen molar-refractivity contribution in [1.29, 1.82) is 0 Å². The quantitative estimate of drug-likeness (QED) is 0.700. The molecule has 4 rings (SSSR count). The van der Waals surface area contributed by atoms with Crippen LogP contribution in [0.4, 0.5) is 0 Å². The Morgan fingerprint density at radius 3 is 3.00 bits per heavy atom. The molecule has 0 saturated carbocycles. The van der Waals surface area contributed by atoms with Gasteiger partial charge in [0.2, 0.25) is 5.91 Å². The minimum Gasteiger partial charge on any atom is -0.349 e. The van der Waals surface area contributed by atoms with Gasteiger partial charge in [0.15, 0.2) is 0 Å². The summed E-state index contributed by atoms with van der Waals surface area (Å²) in [5.74, 6) is 0.386. The Labute approximate surface area is 158 Å². The Morgan fingerprint density at radius 2 is 2.19 bits per heavy atom. The number of hydrogen-bond acceptors (Lipinski definition) is 4. The molecule has 0 bridgehead atoms. The summed E-state index contributed by atoms with van der Waals surface area (Å²) in [5, 5.41) is 16.5. The lowest BCUT2D eigenvalue weighted by molar-refractivity contribution is -0.122. The summed E-state index contributed by atoms with van der Waals surface area (Å²) < 4.78 is 3.80. The second-order valence-electron chi connectivity index (χ2n) is 7.01. The summed E-state index contributed by atoms with van der Waals surface area (Å²) in [6.07, 6.45) is 4.09. The molecule has 1 fully saturated rings. The van der Waals surface area contributed by atoms with E-state index in [2.05, 4.69) is 39.9 Å². The molecule has 2 N–H and O–H groups in total. The van der Waals surface area contributed by atoms with E-state index in [1.165, 1.54) is 0 Å². The maximum absolute atomic E-state index is 12.5. The number of rotatable bonds is 6. The smallest absolute Gasteiger partial charge is 0.242 e. The number of carbonyl (C=O) groups excluding carboxylic acids is 1. The van der Waals surface area contributed by atoms with Crippen LogP contribution < -0.4 is 10.6 Å². The van der Waals surface area contributed by atoms with Gasteiger partial charge in [0.1, 0.15) is 6.54 Å². The summed E-state index contributed by atoms with van der Waals surface area (Å²) in [5.41, 5.74) is 3.14. The molecule has 142 valence electrons. The van der Waals surface area contributed by atoms with Gasteiger partial charge in [-0.25, -0.2) is 0 Å². The molecule has 1 aliphatic rings. The van der Waals surface area contributed by atoms with E-state index in [-0.39, 0.29) is 12.5 Å². The highest BCUT2D eigenvalue weighted by Gasteiger charge is 2.20. The summed E-state index contributed by atoms with van der Waals surface area (Å²) in [4.78, 5) is 12.5. The predicted molar refractivity (Wildman–Crippen MR) is 104 cm³/mol. The number of benzene rings is 1. The second kappa shape index (κ2) is 7.92. The van der Waals surface area contributed by atoms with Gasteiger partial charge >= 0.3 is 0 Å². The molecule has 1 saturated heterocycles. The van der Waals surface area contributed by atoms with Crippen LogP contribution >= 0.6 is 0 Å². The largest absolute Gasteiger partial charge is 0.349 e. The van der Waals surface area contributed by atoms with Gasteiger partial charge in [-0.15, -0.1) is 0 Å². The van der Waals surface area contributed by atoms with Crippen LogP contribution in [0.2, 0.25) is 0 Å². The first-order valence-corrected chi connectivity index (χ1v) is 9.70. The van der Waals surface area contributed by atoms with Crippen LogP contribution in [0, 0.1) is 0 Å². The molecule has 1 atom stereocenters. The zero-order valence-electron chi connectivity index (χ0n) is 15.7. The van der Waals surface area contributed by atoms with Gasteiger partial charge in [0.25, 0.3) is 0 Å². The van der Waals surface area contributed by atoms with Crippen molar-refractivity contribution in [2.45, 2.75) is 45.3 Å². The number of nitrogens with zero attached hydrogens (tertiary/aromatic N) is 4. The highest BCUT2D eigenvalue weighted by molar-refractivity contribution is 5.82. The average molecular weight is 366 g/mol. The Kier molecular flexibility index (Phi) is 5.20. The van der Waals surface area contributed by atoms with Crippen molar-refractivity contribution in [1.82, 2.24) is 30.2 Å². The number of hydrogen-bond donors (Lipinski definition) is 2. The summed E-state index contributed by atoms with van der Waals surface area (Å²) in [6.45, 7) is 5.57. The first-order valence-electron chi connectivity index (χ1n) is 9.70. The Balaban J connectivity index is 1.42. The predicted octanol–water partition coefficient (Wildman–Crippen LogP) is 2.04. The number of aromatic nitrogens is 4. The van der Waals surface area contributed by atoms with E-state index in [9.17, 15) is 4.79 Å². The van der Waals surface area contributed by atoms with Crippen molar-refractivity contribution in [2.75, 3.05) is 13.1 Å². The first-order chi connectivity index (χ1) is 13.3. The van der Waals surface area contributed by atoms with Crippen LogP contribution in [0.3, 0.4) is 0 Å². The van der Waals surface area contributed by atoms with Crippen molar-refractivity contribution in [3.05, 3.63) is 47.9 Å². The molecule has 0 spiro atoms. The molecule has 7 heteroatoms. The summed E-state index contributed by atoms with van der Waals surface area (Å²) in [6, 6.07) is 10.2. The molecule has 1 aromatic carbocycles. The number of piperidine rings is 1. The molecule has 0 radical (unpaired) electrons. The van der Waals surface area contributed by atoms with Gasteiger partial charge in [-0.2, -0.15) is 10.2 Å². The fourth-order valence-electron chi connectivity index (χ4n) is 3.87. The molecule has 3 aromatic rings. The van der Waals surface area contributed by atoms with Gasteiger partial charge in [-0.1, -0.05) is 18.2 Å². The number of aryl methyl sites for hydroxylation is 1. The van der Waals surface area contributed by atoms with E-state index in [4.69, 9.17) is 0 Å². The van der Waals surface area contributed by atoms with Crippen molar-refractivity contribution in [3.8, 4) is 0 Å². The second-order valence-corrected chi connectivity index (χ2v) is 7.01. The first kappa shape index (κ1) is 17.7. The number of para-hydroxylation sites is 1. The van der Waals surface area contributed by atoms with E-state index in [1.807, 2.05) is 27.6 Å². The maximum Gasteiger partial charge on any atom is 0.242 e. The highest BCUT2D eigenvalue weighted by Crippen LogP contribution is 2.23. The standard InChI is InChI=1S/C20H26N6O/c1-2-25-19-8-4-3-7-16(19)17(24-25)13-22-20(27)14-26-18(9-11-23-26)15-6-5-10-21-12-15/h3-4,7-9,11,15,21H,2,5-6,10,12-14H2,1H3,(H,22,27)/t15-/m0/s1. The molecule has 2 aromatic heterocycles. The minimum atomic E-state index is -0.0427. The summed E-state index contributed by atoms with van der Waals surface area (Å²) >= 11 is 0. The van der Waals surface area contributed by atoms with Crippen LogP contribution in [-0.2, 0) is 24.4 Å². The third-order valence-corrected chi connectivity index (χ3v) is 5.24. The third-order valence-electron chi connectivity index (χ3n) is 5.24. The fourth-order valence-corrected chi connectivity index (χ4v) is 3.87. The van der Waals surface area contributed by atoms with Gasteiger partial charge in [0, 0.05) is 36.3 Å². The molecule has 7 nitrogen and oxygen atoms in total. The summed E-state index contributed by atoms with van der Waals surface area (Å²) in [7, 11) is 0. The minimum absolute atomic E-state index is 0.0427. The zero-order valence-corrected chi connectivity index (χ0v) is 15.7. The Hall–Kier alpha value is -2.67. The molecule has 1 aliphatic heterocycles. The van der Waals surface area contributed by atoms with Gasteiger partial charge in [0.05, 0.1) is 17.8 Å². The van der Waals surface area contributed by atoms with E-state index in [1.54, 1.807) is 6.20 Å². The van der Waals surface area contributed by atoms with Crippen molar-refractivity contribution in [3.63, 3.8) is 0 Å². The van der Waals surface area contributed by atoms with Gasteiger partial charge in [-0.05, 0) is 38.4 Å². The van der Waals surface area contributed by atoms with Crippen molar-refractivity contribution >= 4 is 16.8 Å². The zero-order chi connectivity index (χ0) is 18.6. The molecular weight excluding hydrogens is 340 g/mol. The number of carbonyl (C=O) groups is 1. The van der Waals surface area contributed by atoms with E-state index in [0.29, 0.717) is 12.5 Å². The van der Waals surface area contributed by atoms with Crippen LogP contribution in [-0.4, -0.2) is 38.6 Å². The van der Waals surface area contributed by atoms with Crippen LogP contribution in [0.15, 0.2) is 36.5 Å². The number of fused-ring (bicyclic) bond motifs is 1. The number of nitrogens with one attached hydrogen (secondary N) is 2. The van der Waals surface area contributed by atoms with Crippen molar-refractivity contribution < 1.29 is 4.79 Å². The normalized spacial score (nSPS) is 17.3. The molecule has 1 amide bonds. The van der Waals surface area contributed by atoms with E-state index >= 15 is 0 Å². The number of amides is 1. The Bertz CT molecular complexity index is 922. The lowest BCUT2D eigenvalue weighted by Gasteiger charge is -2.23. The molecule has 3 heterocycles. The lowest BCUT2D eigenvalue weighted by Crippen LogP contribution is -2.32. The lowest BCUT2D eigenvalue weighted by atomic mass is 9.96. The van der Waals surface area contributed by atoms with Crippen LogP contribution in [0.25, 0.3) is 10.9 Å². The van der Waals surface area contributed by atoms with Crippen LogP contribution in [0.5, 0.6) is 0 Å². The van der Waals surface area contributed by atoms with Gasteiger partial charge < -0.3 is 10.6 Å². The maximum atomic E-state index is 12.5. The molecule has 0 unspecified atom stereocenters. The van der Waals surface area contributed by atoms with E-state index < -0.39 is 0 Å². The van der Waals surface area contributed by atoms with Crippen molar-refractivity contribution in [2.24, 2.45) is 0 Å². The van der Waals surface area contributed by atoms with Crippen LogP contribution in [0.1, 0.15) is 37.1 Å². The fraction of sp³-hybridized carbons (Fsp3) is 0.450. The SMILES string of the molecule is CCn1nc(CNC(=O)Cn2nccc2[C@H]2CCCNC2)c2ccccc21. The topological polar surface area (TPSA) is 76.8 Å². The highest BCUT2D eigenvalue weighted by atomic mass is 16.2. The van der Waals surface area contributed by atoms with E-state index in [0.717, 1.165) is 54.8 Å². The Morgan fingerprint density at radius 1 is 1.30 bits per heavy atom. The average Bonchev–Trinajstić information content (AvgIpc) is 3.31. The molecule has 0 aliphatic carbocycles.